The van der Waals surface area contributed by atoms with Crippen molar-refractivity contribution in [3.05, 3.63) is 47.8 Å². The molecule has 1 aromatic carbocycles. The van der Waals surface area contributed by atoms with E-state index in [1.165, 1.54) is 127 Å². The summed E-state index contributed by atoms with van der Waals surface area (Å²) in [6.07, 6.45) is 29.8. The number of rotatable bonds is 21. The van der Waals surface area contributed by atoms with Crippen molar-refractivity contribution in [2.75, 3.05) is 0 Å². The molecule has 0 N–H and O–H groups in total. The fourth-order valence-corrected chi connectivity index (χ4v) is 4.86. The fraction of sp³-hybridized carbons (Fsp3) is 0.697. The molecule has 0 saturated carbocycles. The highest BCUT2D eigenvalue weighted by Gasteiger charge is 2.03. The van der Waals surface area contributed by atoms with Crippen LogP contribution >= 0.6 is 0 Å². The highest BCUT2D eigenvalue weighted by atomic mass is 14.9. The molecule has 0 radical (unpaired) electrons. The minimum absolute atomic E-state index is 0.844. The lowest BCUT2D eigenvalue weighted by molar-refractivity contribution is 0.515. The molecule has 2 heteroatoms. The molecule has 0 aliphatic rings. The van der Waals surface area contributed by atoms with E-state index in [9.17, 15) is 0 Å². The molecule has 0 amide bonds. The predicted octanol–water partition coefficient (Wildman–Crippen LogP) is 10.5. The van der Waals surface area contributed by atoms with Crippen molar-refractivity contribution in [3.8, 4) is 11.4 Å². The Balaban J connectivity index is 1.55. The third-order valence-electron chi connectivity index (χ3n) is 7.23. The van der Waals surface area contributed by atoms with Gasteiger partial charge in [0.25, 0.3) is 0 Å². The van der Waals surface area contributed by atoms with Crippen LogP contribution in [0, 0.1) is 5.92 Å². The number of nitrogens with zero attached hydrogens (tertiary/aromatic N) is 2. The van der Waals surface area contributed by atoms with E-state index in [2.05, 4.69) is 55.0 Å². The SMILES string of the molecule is CCCCCCCCCCCCCc1ccc(-c2ncc(CCCCCCCC(C)C)cn2)cc1. The number of benzene rings is 1. The van der Waals surface area contributed by atoms with Gasteiger partial charge in [-0.1, -0.05) is 141 Å². The molecular formula is C33H54N2. The van der Waals surface area contributed by atoms with Gasteiger partial charge in [-0.05, 0) is 42.7 Å². The first-order valence-electron chi connectivity index (χ1n) is 15.1. The molecule has 2 aromatic rings. The van der Waals surface area contributed by atoms with Crippen LogP contribution in [0.15, 0.2) is 36.7 Å². The van der Waals surface area contributed by atoms with Crippen LogP contribution in [0.25, 0.3) is 11.4 Å². The van der Waals surface area contributed by atoms with Gasteiger partial charge in [0, 0.05) is 18.0 Å². The maximum atomic E-state index is 4.65. The van der Waals surface area contributed by atoms with Crippen LogP contribution in [0.5, 0.6) is 0 Å². The molecule has 0 saturated heterocycles. The van der Waals surface area contributed by atoms with Crippen molar-refractivity contribution in [2.24, 2.45) is 5.92 Å². The summed E-state index contributed by atoms with van der Waals surface area (Å²) < 4.78 is 0. The van der Waals surface area contributed by atoms with E-state index in [0.717, 1.165) is 23.7 Å². The number of hydrogen-bond donors (Lipinski definition) is 0. The monoisotopic (exact) mass is 478 g/mol. The van der Waals surface area contributed by atoms with Crippen molar-refractivity contribution in [1.29, 1.82) is 0 Å². The van der Waals surface area contributed by atoms with E-state index in [0.29, 0.717) is 0 Å². The first-order chi connectivity index (χ1) is 17.2. The summed E-state index contributed by atoms with van der Waals surface area (Å²) >= 11 is 0. The maximum Gasteiger partial charge on any atom is 0.159 e. The van der Waals surface area contributed by atoms with Crippen LogP contribution in [-0.4, -0.2) is 9.97 Å². The van der Waals surface area contributed by atoms with Gasteiger partial charge in [0.1, 0.15) is 0 Å². The van der Waals surface area contributed by atoms with Gasteiger partial charge in [-0.25, -0.2) is 9.97 Å². The summed E-state index contributed by atoms with van der Waals surface area (Å²) in [5.74, 6) is 1.69. The summed E-state index contributed by atoms with van der Waals surface area (Å²) in [5, 5.41) is 0. The van der Waals surface area contributed by atoms with E-state index in [4.69, 9.17) is 0 Å². The van der Waals surface area contributed by atoms with Gasteiger partial charge >= 0.3 is 0 Å². The zero-order valence-corrected chi connectivity index (χ0v) is 23.4. The van der Waals surface area contributed by atoms with Crippen molar-refractivity contribution < 1.29 is 0 Å². The average Bonchev–Trinajstić information content (AvgIpc) is 2.87. The summed E-state index contributed by atoms with van der Waals surface area (Å²) in [7, 11) is 0. The quantitative estimate of drug-likeness (QED) is 0.167. The molecule has 0 aliphatic heterocycles. The summed E-state index contributed by atoms with van der Waals surface area (Å²) in [4.78, 5) is 9.29. The fourth-order valence-electron chi connectivity index (χ4n) is 4.86. The third-order valence-corrected chi connectivity index (χ3v) is 7.23. The Hall–Kier alpha value is -1.70. The van der Waals surface area contributed by atoms with Crippen LogP contribution in [0.2, 0.25) is 0 Å². The lowest BCUT2D eigenvalue weighted by Crippen LogP contribution is -1.94. The summed E-state index contributed by atoms with van der Waals surface area (Å²) in [6.45, 7) is 6.93. The van der Waals surface area contributed by atoms with Crippen molar-refractivity contribution in [3.63, 3.8) is 0 Å². The minimum atomic E-state index is 0.844. The van der Waals surface area contributed by atoms with Crippen molar-refractivity contribution in [1.82, 2.24) is 9.97 Å². The Labute approximate surface area is 217 Å². The molecule has 196 valence electrons. The Kier molecular flexibility index (Phi) is 16.4. The van der Waals surface area contributed by atoms with E-state index in [-0.39, 0.29) is 0 Å². The first kappa shape index (κ1) is 29.5. The molecular weight excluding hydrogens is 424 g/mol. The number of unbranched alkanes of at least 4 members (excludes halogenated alkanes) is 14. The maximum absolute atomic E-state index is 4.65. The zero-order chi connectivity index (χ0) is 25.0. The number of aryl methyl sites for hydroxylation is 2. The predicted molar refractivity (Wildman–Crippen MR) is 154 cm³/mol. The smallest absolute Gasteiger partial charge is 0.159 e. The Morgan fingerprint density at radius 2 is 1.00 bits per heavy atom. The molecule has 0 atom stereocenters. The summed E-state index contributed by atoms with van der Waals surface area (Å²) in [5.41, 5.74) is 3.84. The van der Waals surface area contributed by atoms with Crippen LogP contribution in [0.1, 0.15) is 141 Å². The summed E-state index contributed by atoms with van der Waals surface area (Å²) in [6, 6.07) is 8.92. The molecule has 0 spiro atoms. The van der Waals surface area contributed by atoms with Gasteiger partial charge in [0.05, 0.1) is 0 Å². The Morgan fingerprint density at radius 3 is 1.51 bits per heavy atom. The Morgan fingerprint density at radius 1 is 0.543 bits per heavy atom. The number of aromatic nitrogens is 2. The molecule has 35 heavy (non-hydrogen) atoms. The zero-order valence-electron chi connectivity index (χ0n) is 23.4. The molecule has 1 heterocycles. The first-order valence-corrected chi connectivity index (χ1v) is 15.1. The van der Waals surface area contributed by atoms with Crippen molar-refractivity contribution in [2.45, 2.75) is 143 Å². The van der Waals surface area contributed by atoms with Crippen LogP contribution in [0.3, 0.4) is 0 Å². The van der Waals surface area contributed by atoms with E-state index >= 15 is 0 Å². The van der Waals surface area contributed by atoms with Gasteiger partial charge in [-0.3, -0.25) is 0 Å². The van der Waals surface area contributed by atoms with E-state index < -0.39 is 0 Å². The molecule has 0 unspecified atom stereocenters. The molecule has 0 aliphatic carbocycles. The number of hydrogen-bond acceptors (Lipinski definition) is 2. The molecule has 0 bridgehead atoms. The highest BCUT2D eigenvalue weighted by molar-refractivity contribution is 5.55. The van der Waals surface area contributed by atoms with E-state index in [1.807, 2.05) is 12.4 Å². The van der Waals surface area contributed by atoms with Gasteiger partial charge in [-0.15, -0.1) is 0 Å². The highest BCUT2D eigenvalue weighted by Crippen LogP contribution is 2.18. The minimum Gasteiger partial charge on any atom is -0.236 e. The van der Waals surface area contributed by atoms with Gasteiger partial charge in [0.15, 0.2) is 5.82 Å². The van der Waals surface area contributed by atoms with Crippen LogP contribution in [0.4, 0.5) is 0 Å². The second kappa shape index (κ2) is 19.5. The largest absolute Gasteiger partial charge is 0.236 e. The molecule has 1 aromatic heterocycles. The molecule has 2 nitrogen and oxygen atoms in total. The lowest BCUT2D eigenvalue weighted by atomic mass is 10.0. The average molecular weight is 479 g/mol. The molecule has 0 fully saturated rings. The second-order valence-electron chi connectivity index (χ2n) is 11.1. The van der Waals surface area contributed by atoms with Crippen molar-refractivity contribution >= 4 is 0 Å². The second-order valence-corrected chi connectivity index (χ2v) is 11.1. The topological polar surface area (TPSA) is 25.8 Å². The molecule has 2 rings (SSSR count). The normalized spacial score (nSPS) is 11.4. The van der Waals surface area contributed by atoms with Gasteiger partial charge in [-0.2, -0.15) is 0 Å². The van der Waals surface area contributed by atoms with E-state index in [1.54, 1.807) is 0 Å². The van der Waals surface area contributed by atoms with Crippen LogP contribution < -0.4 is 0 Å². The third kappa shape index (κ3) is 14.5. The van der Waals surface area contributed by atoms with Crippen LogP contribution in [-0.2, 0) is 12.8 Å². The lowest BCUT2D eigenvalue weighted by Gasteiger charge is -2.06. The van der Waals surface area contributed by atoms with Gasteiger partial charge in [0.2, 0.25) is 0 Å². The Bertz CT molecular complexity index is 733. The van der Waals surface area contributed by atoms with Gasteiger partial charge < -0.3 is 0 Å². The standard InChI is InChI=1S/C33H54N2/c1-4-5-6-7-8-9-10-11-12-15-18-21-30-23-25-32(26-24-30)33-34-27-31(28-35-33)22-19-16-13-14-17-20-29(2)3/h23-29H,4-22H2,1-3H3.